The van der Waals surface area contributed by atoms with Crippen LogP contribution in [0.25, 0.3) is 0 Å². The fourth-order valence-corrected chi connectivity index (χ4v) is 2.84. The van der Waals surface area contributed by atoms with Gasteiger partial charge in [0.15, 0.2) is 0 Å². The van der Waals surface area contributed by atoms with E-state index in [1.807, 2.05) is 10.7 Å². The van der Waals surface area contributed by atoms with Crippen molar-refractivity contribution in [1.82, 2.24) is 19.6 Å². The molecule has 2 aromatic rings. The van der Waals surface area contributed by atoms with Crippen molar-refractivity contribution in [1.29, 1.82) is 0 Å². The summed E-state index contributed by atoms with van der Waals surface area (Å²) in [7, 11) is 0. The van der Waals surface area contributed by atoms with Crippen LogP contribution in [0.5, 0.6) is 0 Å². The maximum absolute atomic E-state index is 5.68. The van der Waals surface area contributed by atoms with Gasteiger partial charge in [-0.25, -0.2) is 0 Å². The average Bonchev–Trinajstić information content (AvgIpc) is 3.09. The smallest absolute Gasteiger partial charge is 0.0853 e. The molecule has 0 spiro atoms. The van der Waals surface area contributed by atoms with Crippen LogP contribution in [-0.4, -0.2) is 19.6 Å². The summed E-state index contributed by atoms with van der Waals surface area (Å²) in [5, 5.41) is 8.99. The first-order chi connectivity index (χ1) is 9.36. The maximum atomic E-state index is 5.68. The third-order valence-electron chi connectivity index (χ3n) is 3.94. The summed E-state index contributed by atoms with van der Waals surface area (Å²) in [6, 6.07) is 4.64. The van der Waals surface area contributed by atoms with Crippen LogP contribution in [0.4, 0.5) is 0 Å². The molecule has 1 fully saturated rings. The highest BCUT2D eigenvalue weighted by atomic mass is 15.3. The Morgan fingerprint density at radius 1 is 1.21 bits per heavy atom. The zero-order valence-corrected chi connectivity index (χ0v) is 11.2. The first kappa shape index (κ1) is 12.4. The molecule has 0 radical (unpaired) electrons. The molecule has 0 aromatic carbocycles. The highest BCUT2D eigenvalue weighted by Crippen LogP contribution is 2.27. The summed E-state index contributed by atoms with van der Waals surface area (Å²) >= 11 is 0. The van der Waals surface area contributed by atoms with Gasteiger partial charge in [0, 0.05) is 18.9 Å². The third-order valence-corrected chi connectivity index (χ3v) is 3.94. The molecule has 2 heterocycles. The summed E-state index contributed by atoms with van der Waals surface area (Å²) in [6.45, 7) is 1.22. The number of nitrogens with two attached hydrogens (primary N) is 1. The highest BCUT2D eigenvalue weighted by molar-refractivity contribution is 5.05. The van der Waals surface area contributed by atoms with Gasteiger partial charge in [-0.2, -0.15) is 10.2 Å². The molecule has 5 nitrogen and oxygen atoms in total. The van der Waals surface area contributed by atoms with Crippen LogP contribution in [0.2, 0.25) is 0 Å². The number of aromatic nitrogens is 4. The van der Waals surface area contributed by atoms with Crippen LogP contribution in [0.3, 0.4) is 0 Å². The molecule has 0 saturated heterocycles. The quantitative estimate of drug-likeness (QED) is 0.914. The Balaban J connectivity index is 1.70. The summed E-state index contributed by atoms with van der Waals surface area (Å²) in [5.74, 6) is 0. The van der Waals surface area contributed by atoms with E-state index in [0.717, 1.165) is 11.4 Å². The second kappa shape index (κ2) is 5.57. The van der Waals surface area contributed by atoms with Crippen LogP contribution in [0.15, 0.2) is 24.5 Å². The lowest BCUT2D eigenvalue weighted by molar-refractivity contribution is 0.327. The molecule has 1 aliphatic rings. The van der Waals surface area contributed by atoms with Gasteiger partial charge in [0.2, 0.25) is 0 Å². The molecule has 0 unspecified atom stereocenters. The molecule has 1 aliphatic carbocycles. The minimum atomic E-state index is 0.517. The predicted octanol–water partition coefficient (Wildman–Crippen LogP) is 2.09. The molecule has 0 aliphatic heterocycles. The largest absolute Gasteiger partial charge is 0.325 e. The Hall–Kier alpha value is -1.62. The molecule has 102 valence electrons. The van der Waals surface area contributed by atoms with Gasteiger partial charge in [0.25, 0.3) is 0 Å². The first-order valence-electron chi connectivity index (χ1n) is 7.11. The number of hydrogen-bond acceptors (Lipinski definition) is 3. The first-order valence-corrected chi connectivity index (χ1v) is 7.11. The van der Waals surface area contributed by atoms with Crippen LogP contribution in [-0.2, 0) is 13.1 Å². The normalized spacial score (nSPS) is 16.9. The van der Waals surface area contributed by atoms with Crippen molar-refractivity contribution in [3.05, 3.63) is 35.9 Å². The zero-order chi connectivity index (χ0) is 13.1. The lowest BCUT2D eigenvalue weighted by Gasteiger charge is -2.21. The summed E-state index contributed by atoms with van der Waals surface area (Å²) < 4.78 is 4.06. The summed E-state index contributed by atoms with van der Waals surface area (Å²) in [6.07, 6.45) is 10.5. The predicted molar refractivity (Wildman–Crippen MR) is 73.6 cm³/mol. The van der Waals surface area contributed by atoms with Crippen LogP contribution >= 0.6 is 0 Å². The van der Waals surface area contributed by atoms with Crippen molar-refractivity contribution in [3.63, 3.8) is 0 Å². The molecular formula is C14H21N5. The van der Waals surface area contributed by atoms with E-state index in [-0.39, 0.29) is 0 Å². The highest BCUT2D eigenvalue weighted by Gasteiger charge is 2.16. The lowest BCUT2D eigenvalue weighted by atomic mass is 9.96. The molecule has 1 saturated carbocycles. The number of rotatable bonds is 4. The minimum Gasteiger partial charge on any atom is -0.325 e. The monoisotopic (exact) mass is 259 g/mol. The molecule has 0 amide bonds. The van der Waals surface area contributed by atoms with Crippen molar-refractivity contribution < 1.29 is 0 Å². The van der Waals surface area contributed by atoms with Gasteiger partial charge in [0.05, 0.1) is 24.0 Å². The van der Waals surface area contributed by atoms with E-state index < -0.39 is 0 Å². The van der Waals surface area contributed by atoms with Crippen LogP contribution < -0.4 is 5.73 Å². The summed E-state index contributed by atoms with van der Waals surface area (Å²) in [4.78, 5) is 0. The Kier molecular flexibility index (Phi) is 3.64. The lowest BCUT2D eigenvalue weighted by Crippen LogP contribution is -2.14. The van der Waals surface area contributed by atoms with E-state index in [1.54, 1.807) is 6.20 Å². The molecule has 0 bridgehead atoms. The second-order valence-electron chi connectivity index (χ2n) is 5.26. The van der Waals surface area contributed by atoms with Gasteiger partial charge in [-0.3, -0.25) is 9.36 Å². The minimum absolute atomic E-state index is 0.517. The Bertz CT molecular complexity index is 521. The standard InChI is InChI=1S/C14H21N5/c15-10-14-6-8-16-19(14)11-12-7-9-18(17-12)13-4-2-1-3-5-13/h6-9,13H,1-5,10-11,15H2. The van der Waals surface area contributed by atoms with E-state index in [2.05, 4.69) is 22.0 Å². The van der Waals surface area contributed by atoms with E-state index >= 15 is 0 Å². The maximum Gasteiger partial charge on any atom is 0.0853 e. The van der Waals surface area contributed by atoms with Crippen molar-refractivity contribution in [3.8, 4) is 0 Å². The van der Waals surface area contributed by atoms with Crippen molar-refractivity contribution in [2.45, 2.75) is 51.2 Å². The molecule has 3 rings (SSSR count). The van der Waals surface area contributed by atoms with Crippen molar-refractivity contribution in [2.75, 3.05) is 0 Å². The van der Waals surface area contributed by atoms with Crippen molar-refractivity contribution in [2.24, 2.45) is 5.73 Å². The van der Waals surface area contributed by atoms with Crippen molar-refractivity contribution >= 4 is 0 Å². The number of hydrogen-bond donors (Lipinski definition) is 1. The van der Waals surface area contributed by atoms with Gasteiger partial charge in [-0.15, -0.1) is 0 Å². The van der Waals surface area contributed by atoms with E-state index in [0.29, 0.717) is 19.1 Å². The molecule has 2 aromatic heterocycles. The van der Waals surface area contributed by atoms with E-state index in [4.69, 9.17) is 10.8 Å². The molecule has 2 N–H and O–H groups in total. The second-order valence-corrected chi connectivity index (χ2v) is 5.26. The Labute approximate surface area is 113 Å². The van der Waals surface area contributed by atoms with Crippen LogP contribution in [0.1, 0.15) is 49.5 Å². The van der Waals surface area contributed by atoms with E-state index in [9.17, 15) is 0 Å². The SMILES string of the molecule is NCc1ccnn1Cc1ccn(C2CCCCC2)n1. The third kappa shape index (κ3) is 2.71. The van der Waals surface area contributed by atoms with Gasteiger partial charge in [0.1, 0.15) is 0 Å². The fourth-order valence-electron chi connectivity index (χ4n) is 2.84. The fraction of sp³-hybridized carbons (Fsp3) is 0.571. The topological polar surface area (TPSA) is 61.7 Å². The molecule has 5 heteroatoms. The number of nitrogens with zero attached hydrogens (tertiary/aromatic N) is 4. The molecule has 19 heavy (non-hydrogen) atoms. The van der Waals surface area contributed by atoms with Gasteiger partial charge < -0.3 is 5.73 Å². The van der Waals surface area contributed by atoms with E-state index in [1.165, 1.54) is 32.1 Å². The zero-order valence-electron chi connectivity index (χ0n) is 11.2. The van der Waals surface area contributed by atoms with Crippen LogP contribution in [0, 0.1) is 0 Å². The molecule has 0 atom stereocenters. The molecular weight excluding hydrogens is 238 g/mol. The summed E-state index contributed by atoms with van der Waals surface area (Å²) in [5.41, 5.74) is 7.79. The average molecular weight is 259 g/mol. The Morgan fingerprint density at radius 3 is 2.84 bits per heavy atom. The van der Waals surface area contributed by atoms with Gasteiger partial charge in [-0.1, -0.05) is 19.3 Å². The van der Waals surface area contributed by atoms with Gasteiger partial charge in [-0.05, 0) is 25.0 Å². The Morgan fingerprint density at radius 2 is 2.05 bits per heavy atom. The van der Waals surface area contributed by atoms with Gasteiger partial charge >= 0.3 is 0 Å².